The van der Waals surface area contributed by atoms with Crippen molar-refractivity contribution in [2.45, 2.75) is 11.6 Å². The molecule has 2 N–H and O–H groups in total. The molecule has 1 aliphatic heterocycles. The number of fused-ring (bicyclic) bond motifs is 1. The number of thioether (sulfide) groups is 1. The molecule has 104 valence electrons. The molecule has 0 spiro atoms. The molecular weight excluding hydrogens is 274 g/mol. The number of benzene rings is 1. The molecule has 0 fully saturated rings. The number of ether oxygens (including phenoxy) is 1. The first-order valence-corrected chi connectivity index (χ1v) is 7.30. The number of nitrogens with two attached hydrogens (primary N) is 1. The topological polar surface area (TPSA) is 78.3 Å². The van der Waals surface area contributed by atoms with E-state index in [9.17, 15) is 0 Å². The van der Waals surface area contributed by atoms with E-state index >= 15 is 0 Å². The summed E-state index contributed by atoms with van der Waals surface area (Å²) in [6.07, 6.45) is 0.674. The molecule has 1 aliphatic rings. The van der Waals surface area contributed by atoms with Gasteiger partial charge in [-0.05, 0) is 36.4 Å². The third kappa shape index (κ3) is 2.41. The predicted octanol–water partition coefficient (Wildman–Crippen LogP) is 1.15. The van der Waals surface area contributed by atoms with Gasteiger partial charge >= 0.3 is 0 Å². The molecule has 0 radical (unpaired) electrons. The maximum Gasteiger partial charge on any atom is 0.212 e. The van der Waals surface area contributed by atoms with Crippen molar-refractivity contribution < 1.29 is 4.74 Å². The molecule has 0 atom stereocenters. The monoisotopic (exact) mass is 289 g/mol. The van der Waals surface area contributed by atoms with Crippen molar-refractivity contribution in [3.8, 4) is 5.75 Å². The van der Waals surface area contributed by atoms with E-state index in [1.165, 1.54) is 0 Å². The van der Waals surface area contributed by atoms with Gasteiger partial charge in [-0.15, -0.1) is 10.2 Å². The van der Waals surface area contributed by atoms with Crippen LogP contribution in [0, 0.1) is 0 Å². The summed E-state index contributed by atoms with van der Waals surface area (Å²) >= 11 is 1.63. The lowest BCUT2D eigenvalue weighted by Crippen LogP contribution is -2.16. The van der Waals surface area contributed by atoms with Crippen LogP contribution in [-0.4, -0.2) is 40.0 Å². The van der Waals surface area contributed by atoms with Gasteiger partial charge in [0, 0.05) is 12.2 Å². The molecule has 2 heterocycles. The third-order valence-corrected chi connectivity index (χ3v) is 3.96. The minimum Gasteiger partial charge on any atom is -0.497 e. The third-order valence-electron chi connectivity index (χ3n) is 3.03. The van der Waals surface area contributed by atoms with Crippen LogP contribution < -0.4 is 10.5 Å². The Kier molecular flexibility index (Phi) is 3.70. The van der Waals surface area contributed by atoms with E-state index < -0.39 is 0 Å². The zero-order chi connectivity index (χ0) is 13.9. The van der Waals surface area contributed by atoms with Gasteiger partial charge in [0.25, 0.3) is 0 Å². The molecule has 1 aromatic carbocycles. The Morgan fingerprint density at radius 1 is 1.30 bits per heavy atom. The molecule has 0 saturated heterocycles. The number of aromatic nitrogens is 3. The van der Waals surface area contributed by atoms with Crippen LogP contribution in [0.15, 0.2) is 34.5 Å². The van der Waals surface area contributed by atoms with Crippen molar-refractivity contribution in [2.75, 3.05) is 19.4 Å². The van der Waals surface area contributed by atoms with Crippen molar-refractivity contribution in [3.05, 3.63) is 35.7 Å². The summed E-state index contributed by atoms with van der Waals surface area (Å²) in [5.41, 5.74) is 7.66. The van der Waals surface area contributed by atoms with Gasteiger partial charge in [-0.2, -0.15) is 9.78 Å². The normalized spacial score (nSPS) is 13.8. The largest absolute Gasteiger partial charge is 0.497 e. The van der Waals surface area contributed by atoms with Gasteiger partial charge in [-0.3, -0.25) is 0 Å². The molecule has 0 unspecified atom stereocenters. The Balaban J connectivity index is 1.94. The molecule has 0 aliphatic carbocycles. The highest BCUT2D eigenvalue weighted by atomic mass is 32.2. The van der Waals surface area contributed by atoms with E-state index in [-0.39, 0.29) is 0 Å². The fourth-order valence-electron chi connectivity index (χ4n) is 1.98. The molecule has 7 heteroatoms. The average molecular weight is 289 g/mol. The Bertz CT molecular complexity index is 635. The van der Waals surface area contributed by atoms with Gasteiger partial charge in [0.1, 0.15) is 5.75 Å². The van der Waals surface area contributed by atoms with Crippen molar-refractivity contribution in [3.63, 3.8) is 0 Å². The van der Waals surface area contributed by atoms with Crippen molar-refractivity contribution in [1.29, 1.82) is 0 Å². The highest BCUT2D eigenvalue weighted by Gasteiger charge is 2.19. The lowest BCUT2D eigenvalue weighted by molar-refractivity contribution is 0.415. The molecule has 0 bridgehead atoms. The molecule has 3 rings (SSSR count). The zero-order valence-corrected chi connectivity index (χ0v) is 11.9. The van der Waals surface area contributed by atoms with Gasteiger partial charge in [0.2, 0.25) is 5.16 Å². The van der Waals surface area contributed by atoms with E-state index in [4.69, 9.17) is 10.5 Å². The standard InChI is InChI=1S/C13H15N5OS/c1-19-10-4-2-9(3-5-10)11-8-20-13-16-15-12(6-7-14)18(13)17-11/h2-5H,6-8,14H2,1H3. The molecule has 0 saturated carbocycles. The SMILES string of the molecule is COc1ccc(C2=Nn3c(CCN)nnc3SC2)cc1. The first kappa shape index (κ1) is 13.1. The Labute approximate surface area is 121 Å². The Morgan fingerprint density at radius 2 is 2.10 bits per heavy atom. The molecule has 1 aromatic heterocycles. The predicted molar refractivity (Wildman–Crippen MR) is 78.4 cm³/mol. The molecule has 2 aromatic rings. The van der Waals surface area contributed by atoms with Gasteiger partial charge < -0.3 is 10.5 Å². The van der Waals surface area contributed by atoms with Crippen LogP contribution in [-0.2, 0) is 6.42 Å². The van der Waals surface area contributed by atoms with Gasteiger partial charge in [0.15, 0.2) is 5.82 Å². The Morgan fingerprint density at radius 3 is 2.80 bits per heavy atom. The van der Waals surface area contributed by atoms with Crippen molar-refractivity contribution >= 4 is 17.5 Å². The summed E-state index contributed by atoms with van der Waals surface area (Å²) in [7, 11) is 1.66. The van der Waals surface area contributed by atoms with E-state index in [0.29, 0.717) is 13.0 Å². The maximum atomic E-state index is 5.58. The van der Waals surface area contributed by atoms with E-state index in [2.05, 4.69) is 15.3 Å². The van der Waals surface area contributed by atoms with E-state index in [0.717, 1.165) is 33.8 Å². The van der Waals surface area contributed by atoms with Crippen LogP contribution in [0.3, 0.4) is 0 Å². The Hall–Kier alpha value is -1.86. The number of hydrogen-bond donors (Lipinski definition) is 1. The second-order valence-electron chi connectivity index (χ2n) is 4.31. The van der Waals surface area contributed by atoms with Crippen LogP contribution in [0.2, 0.25) is 0 Å². The lowest BCUT2D eigenvalue weighted by Gasteiger charge is -2.14. The number of methoxy groups -OCH3 is 1. The second kappa shape index (κ2) is 5.64. The lowest BCUT2D eigenvalue weighted by atomic mass is 10.1. The molecule has 20 heavy (non-hydrogen) atoms. The van der Waals surface area contributed by atoms with Gasteiger partial charge in [-0.1, -0.05) is 11.8 Å². The van der Waals surface area contributed by atoms with Crippen LogP contribution in [0.5, 0.6) is 5.75 Å². The smallest absolute Gasteiger partial charge is 0.212 e. The molecule has 6 nitrogen and oxygen atoms in total. The molecular formula is C13H15N5OS. The zero-order valence-electron chi connectivity index (χ0n) is 11.1. The highest BCUT2D eigenvalue weighted by Crippen LogP contribution is 2.24. The summed E-state index contributed by atoms with van der Waals surface area (Å²) < 4.78 is 6.96. The van der Waals surface area contributed by atoms with E-state index in [1.807, 2.05) is 24.3 Å². The van der Waals surface area contributed by atoms with E-state index in [1.54, 1.807) is 23.5 Å². The van der Waals surface area contributed by atoms with Crippen molar-refractivity contribution in [1.82, 2.24) is 14.9 Å². The summed E-state index contributed by atoms with van der Waals surface area (Å²) in [5.74, 6) is 2.43. The first-order valence-electron chi connectivity index (χ1n) is 6.31. The fraction of sp³-hybridized carbons (Fsp3) is 0.308. The van der Waals surface area contributed by atoms with Crippen LogP contribution in [0.1, 0.15) is 11.4 Å². The van der Waals surface area contributed by atoms with Gasteiger partial charge in [-0.25, -0.2) is 0 Å². The second-order valence-corrected chi connectivity index (χ2v) is 5.26. The average Bonchev–Trinajstić information content (AvgIpc) is 2.90. The number of rotatable bonds is 4. The maximum absolute atomic E-state index is 5.58. The quantitative estimate of drug-likeness (QED) is 0.913. The summed E-state index contributed by atoms with van der Waals surface area (Å²) in [6, 6.07) is 7.89. The van der Waals surface area contributed by atoms with Crippen LogP contribution >= 0.6 is 11.8 Å². The minimum absolute atomic E-state index is 0.538. The summed E-state index contributed by atoms with van der Waals surface area (Å²) in [6.45, 7) is 0.538. The number of nitrogens with zero attached hydrogens (tertiary/aromatic N) is 4. The summed E-state index contributed by atoms with van der Waals surface area (Å²) in [5, 5.41) is 13.7. The first-order chi connectivity index (χ1) is 9.81. The van der Waals surface area contributed by atoms with Crippen LogP contribution in [0.25, 0.3) is 0 Å². The summed E-state index contributed by atoms with van der Waals surface area (Å²) in [4.78, 5) is 0. The number of hydrogen-bond acceptors (Lipinski definition) is 6. The van der Waals surface area contributed by atoms with Gasteiger partial charge in [0.05, 0.1) is 12.8 Å². The highest BCUT2D eigenvalue weighted by molar-refractivity contribution is 7.99. The van der Waals surface area contributed by atoms with Crippen LogP contribution in [0.4, 0.5) is 0 Å². The minimum atomic E-state index is 0.538. The van der Waals surface area contributed by atoms with Crippen molar-refractivity contribution in [2.24, 2.45) is 10.8 Å². The fourth-order valence-corrected chi connectivity index (χ4v) is 2.84. The molecule has 0 amide bonds.